The number of anilines is 1. The van der Waals surface area contributed by atoms with E-state index in [1.54, 1.807) is 18.7 Å². The van der Waals surface area contributed by atoms with Crippen LogP contribution in [0.3, 0.4) is 0 Å². The minimum atomic E-state index is -0.113. The van der Waals surface area contributed by atoms with E-state index in [9.17, 15) is 4.79 Å². The summed E-state index contributed by atoms with van der Waals surface area (Å²) < 4.78 is 5.67. The molecule has 0 unspecified atom stereocenters. The van der Waals surface area contributed by atoms with Gasteiger partial charge in [0.2, 0.25) is 5.91 Å². The van der Waals surface area contributed by atoms with Gasteiger partial charge in [0, 0.05) is 34.3 Å². The molecule has 0 spiro atoms. The summed E-state index contributed by atoms with van der Waals surface area (Å²) in [4.78, 5) is 21.0. The van der Waals surface area contributed by atoms with Gasteiger partial charge in [-0.05, 0) is 37.1 Å². The first-order valence-corrected chi connectivity index (χ1v) is 9.12. The highest BCUT2D eigenvalue weighted by molar-refractivity contribution is 7.14. The molecular formula is C20H17N3O2S. The fourth-order valence-corrected chi connectivity index (χ4v) is 3.58. The smallest absolute Gasteiger partial charge is 0.230 e. The lowest BCUT2D eigenvalue weighted by atomic mass is 10.0. The third-order valence-electron chi connectivity index (χ3n) is 4.40. The number of rotatable bonds is 4. The summed E-state index contributed by atoms with van der Waals surface area (Å²) in [5, 5.41) is 6.34. The highest BCUT2D eigenvalue weighted by Crippen LogP contribution is 2.28. The van der Waals surface area contributed by atoms with Gasteiger partial charge in [0.05, 0.1) is 18.4 Å². The Morgan fingerprint density at radius 3 is 2.96 bits per heavy atom. The van der Waals surface area contributed by atoms with Gasteiger partial charge in [0.15, 0.2) is 5.13 Å². The third kappa shape index (κ3) is 3.11. The largest absolute Gasteiger partial charge is 0.464 e. The number of benzene rings is 1. The first kappa shape index (κ1) is 16.5. The molecule has 0 aliphatic heterocycles. The second kappa shape index (κ2) is 6.72. The van der Waals surface area contributed by atoms with E-state index in [4.69, 9.17) is 4.42 Å². The zero-order valence-electron chi connectivity index (χ0n) is 14.4. The summed E-state index contributed by atoms with van der Waals surface area (Å²) in [7, 11) is 0. The maximum absolute atomic E-state index is 12.4. The number of carbonyl (C=O) groups excluding carboxylic acids is 1. The molecule has 130 valence electrons. The lowest BCUT2D eigenvalue weighted by Gasteiger charge is -2.02. The molecule has 0 atom stereocenters. The number of pyridine rings is 1. The van der Waals surface area contributed by atoms with Crippen molar-refractivity contribution in [3.8, 4) is 11.3 Å². The van der Waals surface area contributed by atoms with Crippen molar-refractivity contribution < 1.29 is 9.21 Å². The number of nitrogens with one attached hydrogen (secondary N) is 1. The Morgan fingerprint density at radius 1 is 1.27 bits per heavy atom. The Bertz CT molecular complexity index is 1080. The summed E-state index contributed by atoms with van der Waals surface area (Å²) in [5.74, 6) is -0.113. The van der Waals surface area contributed by atoms with E-state index < -0.39 is 0 Å². The Morgan fingerprint density at radius 2 is 2.15 bits per heavy atom. The van der Waals surface area contributed by atoms with Gasteiger partial charge in [-0.2, -0.15) is 0 Å². The lowest BCUT2D eigenvalue weighted by molar-refractivity contribution is -0.115. The van der Waals surface area contributed by atoms with E-state index in [0.717, 1.165) is 33.4 Å². The molecule has 4 aromatic rings. The minimum absolute atomic E-state index is 0.113. The molecule has 0 bridgehead atoms. The van der Waals surface area contributed by atoms with E-state index in [-0.39, 0.29) is 12.3 Å². The molecule has 0 aliphatic carbocycles. The molecule has 6 heteroatoms. The standard InChI is InChI=1S/C20H17N3O2S/c1-12-5-6-16-15(10-25-19(16)13(12)2)8-18(24)23-20-22-17(11-26-20)14-4-3-7-21-9-14/h3-7,9-11H,8H2,1-2H3,(H,22,23,24). The number of amides is 1. The molecule has 26 heavy (non-hydrogen) atoms. The van der Waals surface area contributed by atoms with Crippen LogP contribution in [0.1, 0.15) is 16.7 Å². The van der Waals surface area contributed by atoms with Crippen molar-refractivity contribution in [2.45, 2.75) is 20.3 Å². The number of nitrogens with zero attached hydrogens (tertiary/aromatic N) is 2. The summed E-state index contributed by atoms with van der Waals surface area (Å²) in [6.45, 7) is 4.08. The average molecular weight is 363 g/mol. The Balaban J connectivity index is 1.50. The van der Waals surface area contributed by atoms with E-state index in [0.29, 0.717) is 5.13 Å². The van der Waals surface area contributed by atoms with Crippen molar-refractivity contribution in [2.75, 3.05) is 5.32 Å². The summed E-state index contributed by atoms with van der Waals surface area (Å²) in [5.41, 5.74) is 5.74. The predicted octanol–water partition coefficient (Wildman–Crippen LogP) is 4.75. The van der Waals surface area contributed by atoms with Crippen LogP contribution in [0.5, 0.6) is 0 Å². The predicted molar refractivity (Wildman–Crippen MR) is 103 cm³/mol. The van der Waals surface area contributed by atoms with Crippen LogP contribution in [-0.4, -0.2) is 15.9 Å². The van der Waals surface area contributed by atoms with Gasteiger partial charge >= 0.3 is 0 Å². The molecule has 1 aromatic carbocycles. The van der Waals surface area contributed by atoms with Crippen molar-refractivity contribution in [1.29, 1.82) is 0 Å². The summed E-state index contributed by atoms with van der Waals surface area (Å²) in [6, 6.07) is 7.86. The van der Waals surface area contributed by atoms with Crippen LogP contribution in [0.4, 0.5) is 5.13 Å². The van der Waals surface area contributed by atoms with Gasteiger partial charge < -0.3 is 9.73 Å². The van der Waals surface area contributed by atoms with Crippen LogP contribution < -0.4 is 5.32 Å². The minimum Gasteiger partial charge on any atom is -0.464 e. The van der Waals surface area contributed by atoms with Gasteiger partial charge in [-0.1, -0.05) is 12.1 Å². The van der Waals surface area contributed by atoms with Gasteiger partial charge in [0.1, 0.15) is 5.58 Å². The van der Waals surface area contributed by atoms with E-state index in [1.165, 1.54) is 16.9 Å². The molecular weight excluding hydrogens is 346 g/mol. The van der Waals surface area contributed by atoms with E-state index >= 15 is 0 Å². The van der Waals surface area contributed by atoms with Crippen molar-refractivity contribution >= 4 is 33.3 Å². The van der Waals surface area contributed by atoms with Crippen molar-refractivity contribution in [1.82, 2.24) is 9.97 Å². The number of hydrogen-bond donors (Lipinski definition) is 1. The monoisotopic (exact) mass is 363 g/mol. The van der Waals surface area contributed by atoms with Crippen LogP contribution in [0.2, 0.25) is 0 Å². The molecule has 3 aromatic heterocycles. The van der Waals surface area contributed by atoms with Gasteiger partial charge in [-0.25, -0.2) is 4.98 Å². The molecule has 3 heterocycles. The molecule has 0 fully saturated rings. The number of hydrogen-bond acceptors (Lipinski definition) is 5. The second-order valence-corrected chi connectivity index (χ2v) is 7.01. The molecule has 1 amide bonds. The maximum Gasteiger partial charge on any atom is 0.230 e. The number of aryl methyl sites for hydroxylation is 2. The molecule has 0 radical (unpaired) electrons. The number of fused-ring (bicyclic) bond motifs is 1. The van der Waals surface area contributed by atoms with Crippen molar-refractivity contribution in [3.63, 3.8) is 0 Å². The van der Waals surface area contributed by atoms with Crippen LogP contribution in [0, 0.1) is 13.8 Å². The number of thiazole rings is 1. The Labute approximate surface area is 154 Å². The third-order valence-corrected chi connectivity index (χ3v) is 5.16. The first-order valence-electron chi connectivity index (χ1n) is 8.24. The quantitative estimate of drug-likeness (QED) is 0.568. The zero-order valence-corrected chi connectivity index (χ0v) is 15.3. The van der Waals surface area contributed by atoms with Crippen molar-refractivity contribution in [3.05, 3.63) is 65.0 Å². The molecule has 0 aliphatic rings. The van der Waals surface area contributed by atoms with Gasteiger partial charge in [0.25, 0.3) is 0 Å². The fourth-order valence-electron chi connectivity index (χ4n) is 2.84. The fraction of sp³-hybridized carbons (Fsp3) is 0.150. The van der Waals surface area contributed by atoms with Crippen molar-refractivity contribution in [2.24, 2.45) is 0 Å². The van der Waals surface area contributed by atoms with Gasteiger partial charge in [-0.3, -0.25) is 9.78 Å². The van der Waals surface area contributed by atoms with Crippen LogP contribution >= 0.6 is 11.3 Å². The number of aromatic nitrogens is 2. The highest BCUT2D eigenvalue weighted by Gasteiger charge is 2.14. The lowest BCUT2D eigenvalue weighted by Crippen LogP contribution is -2.14. The van der Waals surface area contributed by atoms with E-state index in [2.05, 4.69) is 21.4 Å². The topological polar surface area (TPSA) is 68.0 Å². The Kier molecular flexibility index (Phi) is 4.26. The van der Waals surface area contributed by atoms with E-state index in [1.807, 2.05) is 37.4 Å². The first-order chi connectivity index (χ1) is 12.6. The molecule has 5 nitrogen and oxygen atoms in total. The normalized spacial score (nSPS) is 11.0. The molecule has 1 N–H and O–H groups in total. The SMILES string of the molecule is Cc1ccc2c(CC(=O)Nc3nc(-c4cccnc4)cs3)coc2c1C. The highest BCUT2D eigenvalue weighted by atomic mass is 32.1. The number of carbonyl (C=O) groups is 1. The Hall–Kier alpha value is -2.99. The maximum atomic E-state index is 12.4. The second-order valence-electron chi connectivity index (χ2n) is 6.15. The van der Waals surface area contributed by atoms with Crippen LogP contribution in [-0.2, 0) is 11.2 Å². The molecule has 0 saturated heterocycles. The summed E-state index contributed by atoms with van der Waals surface area (Å²) in [6.07, 6.45) is 5.39. The zero-order chi connectivity index (χ0) is 18.1. The number of furan rings is 1. The van der Waals surface area contributed by atoms with Gasteiger partial charge in [-0.15, -0.1) is 11.3 Å². The molecule has 4 rings (SSSR count). The average Bonchev–Trinajstić information content (AvgIpc) is 3.27. The molecule has 0 saturated carbocycles. The van der Waals surface area contributed by atoms with Crippen LogP contribution in [0.25, 0.3) is 22.2 Å². The van der Waals surface area contributed by atoms with Crippen LogP contribution in [0.15, 0.2) is 52.7 Å². The summed E-state index contributed by atoms with van der Waals surface area (Å²) >= 11 is 1.40.